The molecule has 0 aromatic carbocycles. The standard InChI is InChI=1S/C19H41N5O3Si/c1-4-25-28(26-5-2,27-6-3)18-16-14-12-10-8-7-9-11-13-15-17-24-19(20)21-22-23-24/h4-18H2,1-3H3,(H2,20,21,23). The van der Waals surface area contributed by atoms with Crippen LogP contribution in [0.3, 0.4) is 0 Å². The third-order valence-electron chi connectivity index (χ3n) is 4.76. The number of tetrazole rings is 1. The first-order chi connectivity index (χ1) is 13.7. The van der Waals surface area contributed by atoms with Crippen molar-refractivity contribution in [3.63, 3.8) is 0 Å². The van der Waals surface area contributed by atoms with E-state index in [0.717, 1.165) is 25.4 Å². The fourth-order valence-electron chi connectivity index (χ4n) is 3.39. The third kappa shape index (κ3) is 10.5. The molecule has 164 valence electrons. The van der Waals surface area contributed by atoms with Crippen molar-refractivity contribution in [3.8, 4) is 0 Å². The topological polar surface area (TPSA) is 97.3 Å². The Balaban J connectivity index is 1.96. The SMILES string of the molecule is CCO[Si](CCCCCCCCCCCCn1nnnc1N)(OCC)OCC. The highest BCUT2D eigenvalue weighted by Crippen LogP contribution is 2.21. The van der Waals surface area contributed by atoms with Gasteiger partial charge in [-0.3, -0.25) is 0 Å². The number of nitrogen functional groups attached to an aromatic ring is 1. The Kier molecular flexibility index (Phi) is 14.1. The molecule has 28 heavy (non-hydrogen) atoms. The molecule has 0 fully saturated rings. The molecule has 0 aliphatic rings. The van der Waals surface area contributed by atoms with Crippen molar-refractivity contribution in [2.24, 2.45) is 0 Å². The van der Waals surface area contributed by atoms with E-state index in [1.165, 1.54) is 51.4 Å². The van der Waals surface area contributed by atoms with Gasteiger partial charge >= 0.3 is 8.80 Å². The lowest BCUT2D eigenvalue weighted by Gasteiger charge is -2.28. The van der Waals surface area contributed by atoms with E-state index in [9.17, 15) is 0 Å². The summed E-state index contributed by atoms with van der Waals surface area (Å²) < 4.78 is 19.4. The first-order valence-corrected chi connectivity index (χ1v) is 13.0. The lowest BCUT2D eigenvalue weighted by molar-refractivity contribution is 0.0706. The maximum Gasteiger partial charge on any atom is 0.500 e. The first-order valence-electron chi connectivity index (χ1n) is 11.1. The Morgan fingerprint density at radius 1 is 0.750 bits per heavy atom. The Labute approximate surface area is 171 Å². The van der Waals surface area contributed by atoms with E-state index < -0.39 is 8.80 Å². The van der Waals surface area contributed by atoms with Gasteiger partial charge in [0.15, 0.2) is 0 Å². The molecule has 0 bridgehead atoms. The highest BCUT2D eigenvalue weighted by molar-refractivity contribution is 6.60. The van der Waals surface area contributed by atoms with Crippen molar-refractivity contribution in [1.82, 2.24) is 20.2 Å². The van der Waals surface area contributed by atoms with Crippen LogP contribution in [0, 0.1) is 0 Å². The molecule has 0 unspecified atom stereocenters. The number of nitrogens with two attached hydrogens (primary N) is 1. The molecule has 9 heteroatoms. The number of hydrogen-bond acceptors (Lipinski definition) is 7. The maximum atomic E-state index is 5.91. The van der Waals surface area contributed by atoms with Crippen molar-refractivity contribution in [2.45, 2.75) is 97.6 Å². The lowest BCUT2D eigenvalue weighted by atomic mass is 10.1. The summed E-state index contributed by atoms with van der Waals surface area (Å²) in [6, 6.07) is 0.939. The van der Waals surface area contributed by atoms with E-state index in [1.54, 1.807) is 4.68 Å². The summed E-state index contributed by atoms with van der Waals surface area (Å²) >= 11 is 0. The smallest absolute Gasteiger partial charge is 0.374 e. The molecule has 1 rings (SSSR count). The molecule has 0 radical (unpaired) electrons. The zero-order valence-corrected chi connectivity index (χ0v) is 19.2. The number of hydrogen-bond donors (Lipinski definition) is 1. The molecule has 8 nitrogen and oxygen atoms in total. The van der Waals surface area contributed by atoms with E-state index in [0.29, 0.717) is 25.8 Å². The molecule has 0 aliphatic heterocycles. The van der Waals surface area contributed by atoms with Crippen LogP contribution in [0.25, 0.3) is 0 Å². The van der Waals surface area contributed by atoms with E-state index >= 15 is 0 Å². The van der Waals surface area contributed by atoms with Crippen LogP contribution >= 0.6 is 0 Å². The van der Waals surface area contributed by atoms with Gasteiger partial charge in [-0.25, -0.2) is 4.68 Å². The summed E-state index contributed by atoms with van der Waals surface area (Å²) in [6.07, 6.45) is 12.5. The van der Waals surface area contributed by atoms with Crippen molar-refractivity contribution in [3.05, 3.63) is 0 Å². The fourth-order valence-corrected chi connectivity index (χ4v) is 6.07. The lowest BCUT2D eigenvalue weighted by Crippen LogP contribution is -2.45. The van der Waals surface area contributed by atoms with Crippen LogP contribution in [-0.4, -0.2) is 48.8 Å². The predicted molar refractivity (Wildman–Crippen MR) is 114 cm³/mol. The number of aromatic nitrogens is 4. The minimum atomic E-state index is -2.44. The number of nitrogens with zero attached hydrogens (tertiary/aromatic N) is 4. The van der Waals surface area contributed by atoms with Gasteiger partial charge in [0.05, 0.1) is 0 Å². The normalized spacial score (nSPS) is 12.0. The number of unbranched alkanes of at least 4 members (excludes halogenated alkanes) is 9. The molecule has 0 aliphatic carbocycles. The highest BCUT2D eigenvalue weighted by Gasteiger charge is 2.39. The van der Waals surface area contributed by atoms with Gasteiger partial charge in [-0.05, 0) is 44.0 Å². The quantitative estimate of drug-likeness (QED) is 0.267. The summed E-state index contributed by atoms with van der Waals surface area (Å²) in [5.74, 6) is 0.406. The van der Waals surface area contributed by atoms with Gasteiger partial charge in [0.1, 0.15) is 0 Å². The molecule has 2 N–H and O–H groups in total. The molecule has 0 atom stereocenters. The molecule has 1 aromatic heterocycles. The largest absolute Gasteiger partial charge is 0.500 e. The zero-order chi connectivity index (χ0) is 20.5. The van der Waals surface area contributed by atoms with E-state index in [2.05, 4.69) is 15.5 Å². The van der Waals surface area contributed by atoms with Gasteiger partial charge in [-0.15, -0.1) is 0 Å². The van der Waals surface area contributed by atoms with Gasteiger partial charge in [0.2, 0.25) is 5.95 Å². The van der Waals surface area contributed by atoms with E-state index in [4.69, 9.17) is 19.0 Å². The summed E-state index contributed by atoms with van der Waals surface area (Å²) in [4.78, 5) is 0. The van der Waals surface area contributed by atoms with Crippen molar-refractivity contribution in [2.75, 3.05) is 25.6 Å². The van der Waals surface area contributed by atoms with Gasteiger partial charge in [0.25, 0.3) is 0 Å². The molecule has 0 spiro atoms. The fraction of sp³-hybridized carbons (Fsp3) is 0.947. The van der Waals surface area contributed by atoms with Crippen molar-refractivity contribution >= 4 is 14.8 Å². The molecule has 1 aromatic rings. The third-order valence-corrected chi connectivity index (χ3v) is 7.91. The Morgan fingerprint density at radius 2 is 1.21 bits per heavy atom. The van der Waals surface area contributed by atoms with Gasteiger partial charge in [-0.2, -0.15) is 0 Å². The molecule has 1 heterocycles. The van der Waals surface area contributed by atoms with Gasteiger partial charge < -0.3 is 19.0 Å². The molecular weight excluding hydrogens is 374 g/mol. The van der Waals surface area contributed by atoms with Crippen LogP contribution in [0.2, 0.25) is 6.04 Å². The van der Waals surface area contributed by atoms with Crippen molar-refractivity contribution < 1.29 is 13.3 Å². The van der Waals surface area contributed by atoms with Crippen molar-refractivity contribution in [1.29, 1.82) is 0 Å². The number of rotatable bonds is 19. The molecular formula is C19H41N5O3Si. The summed E-state index contributed by atoms with van der Waals surface area (Å²) in [5, 5.41) is 11.1. The maximum absolute atomic E-state index is 5.91. The Bertz CT molecular complexity index is 473. The molecule has 0 amide bonds. The van der Waals surface area contributed by atoms with Crippen LogP contribution in [0.1, 0.15) is 85.0 Å². The van der Waals surface area contributed by atoms with E-state index in [-0.39, 0.29) is 0 Å². The van der Waals surface area contributed by atoms with E-state index in [1.807, 2.05) is 20.8 Å². The average Bonchev–Trinajstić information content (AvgIpc) is 3.08. The predicted octanol–water partition coefficient (Wildman–Crippen LogP) is 4.20. The second kappa shape index (κ2) is 15.8. The monoisotopic (exact) mass is 415 g/mol. The number of anilines is 1. The summed E-state index contributed by atoms with van der Waals surface area (Å²) in [6.45, 7) is 8.85. The van der Waals surface area contributed by atoms with Gasteiger partial charge in [-0.1, -0.05) is 56.5 Å². The average molecular weight is 416 g/mol. The summed E-state index contributed by atoms with van der Waals surface area (Å²) in [7, 11) is -2.44. The first kappa shape index (κ1) is 25.0. The molecule has 0 saturated carbocycles. The second-order valence-corrected chi connectivity index (χ2v) is 9.76. The van der Waals surface area contributed by atoms with Crippen LogP contribution in [0.4, 0.5) is 5.95 Å². The minimum Gasteiger partial charge on any atom is -0.374 e. The van der Waals surface area contributed by atoms with Gasteiger partial charge in [0, 0.05) is 32.4 Å². The Hall–Kier alpha value is -1.03. The summed E-state index contributed by atoms with van der Waals surface area (Å²) in [5.41, 5.74) is 5.65. The zero-order valence-electron chi connectivity index (χ0n) is 18.2. The number of aryl methyl sites for hydroxylation is 1. The van der Waals surface area contributed by atoms with Crippen LogP contribution in [-0.2, 0) is 19.8 Å². The highest BCUT2D eigenvalue weighted by atomic mass is 28.4. The second-order valence-electron chi connectivity index (χ2n) is 7.03. The Morgan fingerprint density at radius 3 is 1.64 bits per heavy atom. The van der Waals surface area contributed by atoms with Crippen LogP contribution in [0.15, 0.2) is 0 Å². The molecule has 0 saturated heterocycles. The van der Waals surface area contributed by atoms with Crippen LogP contribution in [0.5, 0.6) is 0 Å². The minimum absolute atomic E-state index is 0.406. The van der Waals surface area contributed by atoms with Crippen LogP contribution < -0.4 is 5.73 Å².